The predicted octanol–water partition coefficient (Wildman–Crippen LogP) is 18.4. The topological polar surface area (TPSA) is 78.9 Å². The molecule has 0 radical (unpaired) electrons. The molecule has 6 heteroatoms. The number of allylic oxidation sites excluding steroid dienone is 14. The third-order valence-electron chi connectivity index (χ3n) is 11.6. The summed E-state index contributed by atoms with van der Waals surface area (Å²) < 4.78 is 16.8. The Bertz CT molecular complexity index is 1290. The number of carbonyl (C=O) groups is 3. The van der Waals surface area contributed by atoms with Crippen LogP contribution in [0.4, 0.5) is 0 Å². The summed E-state index contributed by atoms with van der Waals surface area (Å²) >= 11 is 0. The molecule has 0 aromatic rings. The molecule has 0 amide bonds. The van der Waals surface area contributed by atoms with E-state index < -0.39 is 6.10 Å². The number of hydrogen-bond acceptors (Lipinski definition) is 6. The zero-order chi connectivity index (χ0) is 47.9. The van der Waals surface area contributed by atoms with Gasteiger partial charge in [-0.05, 0) is 89.9 Å². The van der Waals surface area contributed by atoms with Gasteiger partial charge in [0, 0.05) is 19.3 Å². The molecule has 0 spiro atoms. The highest BCUT2D eigenvalue weighted by molar-refractivity contribution is 5.71. The zero-order valence-corrected chi connectivity index (χ0v) is 43.2. The van der Waals surface area contributed by atoms with Gasteiger partial charge in [-0.2, -0.15) is 0 Å². The summed E-state index contributed by atoms with van der Waals surface area (Å²) in [5.41, 5.74) is 0. The van der Waals surface area contributed by atoms with Gasteiger partial charge < -0.3 is 14.2 Å². The summed E-state index contributed by atoms with van der Waals surface area (Å²) in [6.45, 7) is 6.52. The van der Waals surface area contributed by atoms with E-state index >= 15 is 0 Å². The Hall–Kier alpha value is -3.41. The molecular weight excluding hydrogens is 817 g/mol. The first kappa shape index (κ1) is 62.6. The highest BCUT2D eigenvalue weighted by Crippen LogP contribution is 2.14. The lowest BCUT2D eigenvalue weighted by molar-refractivity contribution is -0.166. The molecule has 0 saturated carbocycles. The fourth-order valence-corrected chi connectivity index (χ4v) is 7.45. The summed E-state index contributed by atoms with van der Waals surface area (Å²) in [5.74, 6) is -0.992. The van der Waals surface area contributed by atoms with Crippen molar-refractivity contribution in [2.75, 3.05) is 13.2 Å². The molecule has 0 aliphatic carbocycles. The van der Waals surface area contributed by atoms with Crippen molar-refractivity contribution in [3.8, 4) is 0 Å². The van der Waals surface area contributed by atoms with Crippen LogP contribution in [0.15, 0.2) is 85.1 Å². The van der Waals surface area contributed by atoms with Crippen molar-refractivity contribution in [2.24, 2.45) is 0 Å². The SMILES string of the molecule is CCCCC/C=C\C/C=C\C/C=C\C/C=C\C/C=C\CCC(=O)OC[C@H](COC(=O)CCCCCCCCCCCCCC)OC(=O)CCCCCCCCC/C=C\C/C=C\CCCCC. The van der Waals surface area contributed by atoms with Crippen LogP contribution in [0.2, 0.25) is 0 Å². The number of ether oxygens (including phenoxy) is 3. The predicted molar refractivity (Wildman–Crippen MR) is 284 cm³/mol. The fourth-order valence-electron chi connectivity index (χ4n) is 7.45. The maximum Gasteiger partial charge on any atom is 0.306 e. The summed E-state index contributed by atoms with van der Waals surface area (Å²) in [7, 11) is 0. The van der Waals surface area contributed by atoms with Gasteiger partial charge in [-0.1, -0.05) is 234 Å². The van der Waals surface area contributed by atoms with Gasteiger partial charge in [-0.15, -0.1) is 0 Å². The average molecular weight is 919 g/mol. The van der Waals surface area contributed by atoms with Crippen LogP contribution in [0, 0.1) is 0 Å². The van der Waals surface area contributed by atoms with Crippen molar-refractivity contribution in [1.29, 1.82) is 0 Å². The molecule has 0 aliphatic heterocycles. The van der Waals surface area contributed by atoms with Crippen LogP contribution in [0.1, 0.15) is 258 Å². The Balaban J connectivity index is 4.49. The molecule has 0 rings (SSSR count). The van der Waals surface area contributed by atoms with E-state index in [9.17, 15) is 14.4 Å². The summed E-state index contributed by atoms with van der Waals surface area (Å²) in [6, 6.07) is 0. The molecule has 0 aliphatic rings. The highest BCUT2D eigenvalue weighted by Gasteiger charge is 2.19. The third-order valence-corrected chi connectivity index (χ3v) is 11.6. The fraction of sp³-hybridized carbons (Fsp3) is 0.717. The van der Waals surface area contributed by atoms with E-state index in [1.54, 1.807) is 0 Å². The molecule has 378 valence electrons. The van der Waals surface area contributed by atoms with Gasteiger partial charge in [-0.3, -0.25) is 14.4 Å². The minimum atomic E-state index is -0.809. The summed E-state index contributed by atoms with van der Waals surface area (Å²) in [4.78, 5) is 38.0. The Labute approximate surface area is 407 Å². The smallest absolute Gasteiger partial charge is 0.306 e. The van der Waals surface area contributed by atoms with E-state index in [1.165, 1.54) is 135 Å². The number of carbonyl (C=O) groups excluding carboxylic acids is 3. The largest absolute Gasteiger partial charge is 0.462 e. The number of esters is 3. The Morgan fingerprint density at radius 2 is 0.576 bits per heavy atom. The van der Waals surface area contributed by atoms with Crippen LogP contribution in [0.3, 0.4) is 0 Å². The van der Waals surface area contributed by atoms with E-state index in [1.807, 2.05) is 6.08 Å². The van der Waals surface area contributed by atoms with Gasteiger partial charge in [0.1, 0.15) is 13.2 Å². The van der Waals surface area contributed by atoms with Crippen molar-refractivity contribution in [2.45, 2.75) is 264 Å². The van der Waals surface area contributed by atoms with E-state index in [0.29, 0.717) is 19.3 Å². The maximum atomic E-state index is 12.8. The van der Waals surface area contributed by atoms with Crippen LogP contribution >= 0.6 is 0 Å². The zero-order valence-electron chi connectivity index (χ0n) is 43.2. The van der Waals surface area contributed by atoms with Gasteiger partial charge in [0.2, 0.25) is 0 Å². The summed E-state index contributed by atoms with van der Waals surface area (Å²) in [6.07, 6.45) is 70.0. The molecule has 1 atom stereocenters. The second-order valence-electron chi connectivity index (χ2n) is 18.1. The second kappa shape index (κ2) is 54.2. The van der Waals surface area contributed by atoms with E-state index in [4.69, 9.17) is 14.2 Å². The quantitative estimate of drug-likeness (QED) is 0.0262. The number of rotatable bonds is 49. The standard InChI is InChI=1S/C60H102O6/c1-4-7-10-13-16-19-22-25-27-29-30-32-33-35-38-41-44-47-50-53-59(62)65-56-57(55-64-58(61)52-49-46-43-40-37-24-21-18-15-12-9-6-3)66-60(63)54-51-48-45-42-39-36-34-31-28-26-23-20-17-14-11-8-5-2/h16-17,19-20,25-28,30,32,35,38,44,47,57H,4-15,18,21-24,29,31,33-34,36-37,39-43,45-46,48-56H2,1-3H3/b19-16-,20-17-,27-25-,28-26-,32-30-,38-35-,47-44-/t57-/m0/s1. The van der Waals surface area contributed by atoms with Crippen molar-refractivity contribution < 1.29 is 28.6 Å². The second-order valence-corrected chi connectivity index (χ2v) is 18.1. The molecule has 0 unspecified atom stereocenters. The molecule has 0 aromatic carbocycles. The molecule has 66 heavy (non-hydrogen) atoms. The van der Waals surface area contributed by atoms with Gasteiger partial charge in [0.05, 0.1) is 0 Å². The lowest BCUT2D eigenvalue weighted by atomic mass is 10.0. The van der Waals surface area contributed by atoms with Gasteiger partial charge in [0.25, 0.3) is 0 Å². The molecule has 0 saturated heterocycles. The van der Waals surface area contributed by atoms with E-state index in [-0.39, 0.29) is 37.5 Å². The average Bonchev–Trinajstić information content (AvgIpc) is 3.31. The number of hydrogen-bond donors (Lipinski definition) is 0. The summed E-state index contributed by atoms with van der Waals surface area (Å²) in [5, 5.41) is 0. The van der Waals surface area contributed by atoms with Crippen LogP contribution < -0.4 is 0 Å². The van der Waals surface area contributed by atoms with Crippen molar-refractivity contribution in [1.82, 2.24) is 0 Å². The van der Waals surface area contributed by atoms with E-state index in [2.05, 4.69) is 99.8 Å². The minimum absolute atomic E-state index is 0.101. The normalized spacial score (nSPS) is 12.7. The molecular formula is C60H102O6. The van der Waals surface area contributed by atoms with Gasteiger partial charge in [-0.25, -0.2) is 0 Å². The first-order valence-electron chi connectivity index (χ1n) is 27.6. The van der Waals surface area contributed by atoms with Gasteiger partial charge >= 0.3 is 17.9 Å². The van der Waals surface area contributed by atoms with Crippen molar-refractivity contribution >= 4 is 17.9 Å². The first-order chi connectivity index (χ1) is 32.5. The Kier molecular flexibility index (Phi) is 51.4. The van der Waals surface area contributed by atoms with Crippen LogP contribution in [-0.4, -0.2) is 37.2 Å². The molecule has 0 heterocycles. The molecule has 0 N–H and O–H groups in total. The van der Waals surface area contributed by atoms with Crippen LogP contribution in [-0.2, 0) is 28.6 Å². The van der Waals surface area contributed by atoms with Crippen LogP contribution in [0.5, 0.6) is 0 Å². The third kappa shape index (κ3) is 51.6. The molecule has 0 bridgehead atoms. The van der Waals surface area contributed by atoms with E-state index in [0.717, 1.165) is 77.0 Å². The van der Waals surface area contributed by atoms with Gasteiger partial charge in [0.15, 0.2) is 6.10 Å². The Morgan fingerprint density at radius 3 is 0.970 bits per heavy atom. The molecule has 0 aromatic heterocycles. The molecule has 6 nitrogen and oxygen atoms in total. The van der Waals surface area contributed by atoms with Crippen molar-refractivity contribution in [3.05, 3.63) is 85.1 Å². The first-order valence-corrected chi connectivity index (χ1v) is 27.6. The lowest BCUT2D eigenvalue weighted by Gasteiger charge is -2.18. The monoisotopic (exact) mass is 919 g/mol. The Morgan fingerprint density at radius 1 is 0.303 bits per heavy atom. The minimum Gasteiger partial charge on any atom is -0.462 e. The molecule has 0 fully saturated rings. The van der Waals surface area contributed by atoms with Crippen molar-refractivity contribution in [3.63, 3.8) is 0 Å². The maximum absolute atomic E-state index is 12.8. The van der Waals surface area contributed by atoms with Crippen LogP contribution in [0.25, 0.3) is 0 Å². The number of unbranched alkanes of at least 4 members (excludes halogenated alkanes) is 24. The lowest BCUT2D eigenvalue weighted by Crippen LogP contribution is -2.30. The highest BCUT2D eigenvalue weighted by atomic mass is 16.6.